The molecule has 0 spiro atoms. The van der Waals surface area contributed by atoms with Gasteiger partial charge in [-0.05, 0) is 44.7 Å². The number of nitrogens with one attached hydrogen (secondary N) is 2. The fourth-order valence-corrected chi connectivity index (χ4v) is 3.26. The second-order valence-corrected chi connectivity index (χ2v) is 8.63. The van der Waals surface area contributed by atoms with E-state index in [4.69, 9.17) is 4.74 Å². The third kappa shape index (κ3) is 6.30. The van der Waals surface area contributed by atoms with Crippen LogP contribution in [0.5, 0.6) is 0 Å². The van der Waals surface area contributed by atoms with Crippen molar-refractivity contribution in [3.8, 4) is 0 Å². The molecule has 1 heterocycles. The third-order valence-electron chi connectivity index (χ3n) is 4.92. The van der Waals surface area contributed by atoms with Crippen LogP contribution in [0.2, 0.25) is 0 Å². The molecule has 0 aromatic heterocycles. The Morgan fingerprint density at radius 1 is 1.23 bits per heavy atom. The number of benzene rings is 1. The first-order chi connectivity index (χ1) is 14.0. The largest absolute Gasteiger partial charge is 0.455 e. The molecule has 8 nitrogen and oxygen atoms in total. The number of hydrogen-bond donors (Lipinski definition) is 2. The smallest absolute Gasteiger partial charge is 0.321 e. The minimum Gasteiger partial charge on any atom is -0.455 e. The Labute approximate surface area is 177 Å². The first kappa shape index (κ1) is 23.4. The minimum atomic E-state index is -0.728. The maximum atomic E-state index is 12.6. The van der Waals surface area contributed by atoms with Crippen LogP contribution in [0.3, 0.4) is 0 Å². The Morgan fingerprint density at radius 2 is 1.90 bits per heavy atom. The van der Waals surface area contributed by atoms with E-state index >= 15 is 0 Å². The average molecular weight is 418 g/mol. The predicted molar refractivity (Wildman–Crippen MR) is 113 cm³/mol. The first-order valence-corrected chi connectivity index (χ1v) is 10.2. The number of anilines is 1. The standard InChI is InChI=1S/C22H31N3O5/c1-6-14(2)16-9-7-8-10-17(16)25-12-15(11-19(25)27)20(28)30-13-18(26)23-21(29)24-22(3,4)5/h7-10,14-15H,6,11-13H2,1-5H3,(H2,23,24,26,29)/t14-,15+/m0/s1. The van der Waals surface area contributed by atoms with Crippen molar-refractivity contribution in [3.63, 3.8) is 0 Å². The topological polar surface area (TPSA) is 105 Å². The van der Waals surface area contributed by atoms with Gasteiger partial charge in [-0.1, -0.05) is 32.0 Å². The lowest BCUT2D eigenvalue weighted by Gasteiger charge is -2.23. The fraction of sp³-hybridized carbons (Fsp3) is 0.545. The molecule has 0 bridgehead atoms. The summed E-state index contributed by atoms with van der Waals surface area (Å²) in [5, 5.41) is 4.69. The van der Waals surface area contributed by atoms with Crippen LogP contribution >= 0.6 is 0 Å². The number of amides is 4. The normalized spacial score (nSPS) is 17.4. The predicted octanol–water partition coefficient (Wildman–Crippen LogP) is 2.72. The Kier molecular flexibility index (Phi) is 7.59. The van der Waals surface area contributed by atoms with E-state index in [0.717, 1.165) is 17.7 Å². The monoisotopic (exact) mass is 417 g/mol. The summed E-state index contributed by atoms with van der Waals surface area (Å²) in [6, 6.07) is 7.02. The van der Waals surface area contributed by atoms with Crippen molar-refractivity contribution in [2.75, 3.05) is 18.1 Å². The number of rotatable bonds is 6. The number of nitrogens with zero attached hydrogens (tertiary/aromatic N) is 1. The number of imide groups is 1. The summed E-state index contributed by atoms with van der Waals surface area (Å²) in [6.07, 6.45) is 0.961. The summed E-state index contributed by atoms with van der Waals surface area (Å²) in [5.74, 6) is -1.88. The number of carbonyl (C=O) groups excluding carboxylic acids is 4. The molecule has 0 aliphatic carbocycles. The van der Waals surface area contributed by atoms with Crippen LogP contribution in [-0.2, 0) is 19.1 Å². The van der Waals surface area contributed by atoms with Crippen molar-refractivity contribution in [3.05, 3.63) is 29.8 Å². The van der Waals surface area contributed by atoms with E-state index in [9.17, 15) is 19.2 Å². The molecule has 30 heavy (non-hydrogen) atoms. The highest BCUT2D eigenvalue weighted by Gasteiger charge is 2.37. The second-order valence-electron chi connectivity index (χ2n) is 8.63. The van der Waals surface area contributed by atoms with E-state index in [2.05, 4.69) is 24.5 Å². The molecule has 0 unspecified atom stereocenters. The number of hydrogen-bond acceptors (Lipinski definition) is 5. The van der Waals surface area contributed by atoms with Gasteiger partial charge in [0.15, 0.2) is 6.61 Å². The van der Waals surface area contributed by atoms with Crippen LogP contribution in [0.15, 0.2) is 24.3 Å². The fourth-order valence-electron chi connectivity index (χ4n) is 3.26. The quantitative estimate of drug-likeness (QED) is 0.693. The molecule has 164 valence electrons. The first-order valence-electron chi connectivity index (χ1n) is 10.2. The summed E-state index contributed by atoms with van der Waals surface area (Å²) >= 11 is 0. The molecule has 2 atom stereocenters. The van der Waals surface area contributed by atoms with Gasteiger partial charge >= 0.3 is 12.0 Å². The number of urea groups is 1. The minimum absolute atomic E-state index is 0.0276. The van der Waals surface area contributed by atoms with Crippen LogP contribution in [0, 0.1) is 5.92 Å². The van der Waals surface area contributed by atoms with Gasteiger partial charge in [-0.3, -0.25) is 19.7 Å². The van der Waals surface area contributed by atoms with Gasteiger partial charge < -0.3 is 15.0 Å². The van der Waals surface area contributed by atoms with Crippen molar-refractivity contribution in [1.82, 2.24) is 10.6 Å². The van der Waals surface area contributed by atoms with Gasteiger partial charge in [0.05, 0.1) is 5.92 Å². The van der Waals surface area contributed by atoms with E-state index in [1.807, 2.05) is 24.3 Å². The van der Waals surface area contributed by atoms with Crippen molar-refractivity contribution in [2.45, 2.75) is 58.9 Å². The molecule has 0 radical (unpaired) electrons. The van der Waals surface area contributed by atoms with E-state index in [-0.39, 0.29) is 24.8 Å². The zero-order valence-electron chi connectivity index (χ0n) is 18.3. The summed E-state index contributed by atoms with van der Waals surface area (Å²) in [5.41, 5.74) is 1.37. The zero-order chi connectivity index (χ0) is 22.5. The molecule has 1 aromatic carbocycles. The number of ether oxygens (including phenoxy) is 1. The van der Waals surface area contributed by atoms with Crippen molar-refractivity contribution < 1.29 is 23.9 Å². The van der Waals surface area contributed by atoms with Gasteiger partial charge in [0.25, 0.3) is 5.91 Å². The van der Waals surface area contributed by atoms with Gasteiger partial charge in [0.2, 0.25) is 5.91 Å². The molecule has 1 aliphatic rings. The molecule has 1 aromatic rings. The molecular formula is C22H31N3O5. The summed E-state index contributed by atoms with van der Waals surface area (Å²) < 4.78 is 5.04. The maximum Gasteiger partial charge on any atom is 0.321 e. The Bertz CT molecular complexity index is 815. The van der Waals surface area contributed by atoms with Gasteiger partial charge in [-0.25, -0.2) is 4.79 Å². The second kappa shape index (κ2) is 9.73. The van der Waals surface area contributed by atoms with Crippen LogP contribution in [-0.4, -0.2) is 42.5 Å². The Morgan fingerprint density at radius 3 is 2.53 bits per heavy atom. The zero-order valence-corrected chi connectivity index (χ0v) is 18.3. The number of carbonyl (C=O) groups is 4. The molecule has 2 N–H and O–H groups in total. The molecule has 0 saturated carbocycles. The lowest BCUT2D eigenvalue weighted by molar-refractivity contribution is -0.152. The molecule has 1 saturated heterocycles. The molecule has 1 aliphatic heterocycles. The third-order valence-corrected chi connectivity index (χ3v) is 4.92. The van der Waals surface area contributed by atoms with Crippen molar-refractivity contribution in [2.24, 2.45) is 5.92 Å². The summed E-state index contributed by atoms with van der Waals surface area (Å²) in [6.45, 7) is 9.14. The average Bonchev–Trinajstić information content (AvgIpc) is 3.05. The van der Waals surface area contributed by atoms with E-state index in [1.165, 1.54) is 0 Å². The van der Waals surface area contributed by atoms with Crippen molar-refractivity contribution >= 4 is 29.5 Å². The Balaban J connectivity index is 1.93. The molecule has 8 heteroatoms. The Hall–Kier alpha value is -2.90. The number of esters is 1. The summed E-state index contributed by atoms with van der Waals surface area (Å²) in [4.78, 5) is 50.1. The highest BCUT2D eigenvalue weighted by Crippen LogP contribution is 2.33. The SMILES string of the molecule is CC[C@H](C)c1ccccc1N1C[C@H](C(=O)OCC(=O)NC(=O)NC(C)(C)C)CC1=O. The highest BCUT2D eigenvalue weighted by atomic mass is 16.5. The van der Waals surface area contributed by atoms with Crippen LogP contribution in [0.25, 0.3) is 0 Å². The van der Waals surface area contributed by atoms with Crippen LogP contribution < -0.4 is 15.5 Å². The van der Waals surface area contributed by atoms with Crippen LogP contribution in [0.4, 0.5) is 10.5 Å². The van der Waals surface area contributed by atoms with Crippen molar-refractivity contribution in [1.29, 1.82) is 0 Å². The van der Waals surface area contributed by atoms with E-state index < -0.39 is 36.0 Å². The summed E-state index contributed by atoms with van der Waals surface area (Å²) in [7, 11) is 0. The van der Waals surface area contributed by atoms with Gasteiger partial charge in [-0.15, -0.1) is 0 Å². The highest BCUT2D eigenvalue weighted by molar-refractivity contribution is 6.00. The maximum absolute atomic E-state index is 12.6. The molecule has 4 amide bonds. The van der Waals surface area contributed by atoms with Crippen LogP contribution in [0.1, 0.15) is 58.9 Å². The molecule has 1 fully saturated rings. The van der Waals surface area contributed by atoms with E-state index in [0.29, 0.717) is 0 Å². The molecule has 2 rings (SSSR count). The van der Waals surface area contributed by atoms with Gasteiger partial charge in [0.1, 0.15) is 0 Å². The molecular weight excluding hydrogens is 386 g/mol. The lowest BCUT2D eigenvalue weighted by Crippen LogP contribution is -2.49. The lowest BCUT2D eigenvalue weighted by atomic mass is 9.96. The number of para-hydroxylation sites is 1. The van der Waals surface area contributed by atoms with E-state index in [1.54, 1.807) is 25.7 Å². The van der Waals surface area contributed by atoms with Gasteiger partial charge in [-0.2, -0.15) is 0 Å². The van der Waals surface area contributed by atoms with Gasteiger partial charge in [0, 0.05) is 24.2 Å².